The smallest absolute Gasteiger partial charge is 0.263 e. The summed E-state index contributed by atoms with van der Waals surface area (Å²) in [6.07, 6.45) is 3.07. The van der Waals surface area contributed by atoms with E-state index < -0.39 is 0 Å². The molecule has 0 saturated heterocycles. The molecule has 6 nitrogen and oxygen atoms in total. The molecule has 6 rings (SSSR count). The lowest BCUT2D eigenvalue weighted by Gasteiger charge is -2.21. The third-order valence-corrected chi connectivity index (χ3v) is 9.94. The highest BCUT2D eigenvalue weighted by molar-refractivity contribution is 7.98. The van der Waals surface area contributed by atoms with Gasteiger partial charge in [0, 0.05) is 21.9 Å². The highest BCUT2D eigenvalue weighted by atomic mass is 32.2. The van der Waals surface area contributed by atoms with Crippen LogP contribution in [-0.2, 0) is 23.5 Å². The third kappa shape index (κ3) is 3.45. The molecule has 10 heteroatoms. The minimum absolute atomic E-state index is 0.0652. The highest BCUT2D eigenvalue weighted by Crippen LogP contribution is 2.37. The average Bonchev–Trinajstić information content (AvgIpc) is 3.60. The van der Waals surface area contributed by atoms with Gasteiger partial charge >= 0.3 is 0 Å². The Hall–Kier alpha value is -2.27. The topological polar surface area (TPSA) is 67.6 Å². The maximum atomic E-state index is 13.4. The molecule has 0 unspecified atom stereocenters. The molecule has 0 bridgehead atoms. The molecule has 0 radical (unpaired) electrons. The fraction of sp³-hybridized carbons (Fsp3) is 0.273. The van der Waals surface area contributed by atoms with Gasteiger partial charge in [0.1, 0.15) is 11.4 Å². The largest absolute Gasteiger partial charge is 0.289 e. The molecule has 2 aliphatic rings. The van der Waals surface area contributed by atoms with Gasteiger partial charge in [0.2, 0.25) is 0 Å². The predicted octanol–water partition coefficient (Wildman–Crippen LogP) is 4.75. The van der Waals surface area contributed by atoms with E-state index in [4.69, 9.17) is 5.10 Å². The number of hydrazone groups is 1. The van der Waals surface area contributed by atoms with Gasteiger partial charge in [-0.15, -0.1) is 34.0 Å². The van der Waals surface area contributed by atoms with Gasteiger partial charge in [0.15, 0.2) is 0 Å². The van der Waals surface area contributed by atoms with E-state index in [0.29, 0.717) is 11.8 Å². The Bertz CT molecular complexity index is 1390. The number of rotatable bonds is 4. The summed E-state index contributed by atoms with van der Waals surface area (Å²) in [5, 5.41) is 11.0. The molecule has 4 aromatic rings. The van der Waals surface area contributed by atoms with Crippen LogP contribution in [0.25, 0.3) is 10.2 Å². The van der Waals surface area contributed by atoms with Crippen molar-refractivity contribution in [3.63, 3.8) is 0 Å². The number of nitrogens with zero attached hydrogens (tertiary/aromatic N) is 4. The lowest BCUT2D eigenvalue weighted by atomic mass is 10.1. The summed E-state index contributed by atoms with van der Waals surface area (Å²) in [6, 6.07) is 7.92. The fourth-order valence-electron chi connectivity index (χ4n) is 4.21. The van der Waals surface area contributed by atoms with E-state index in [0.717, 1.165) is 43.8 Å². The first kappa shape index (κ1) is 20.3. The van der Waals surface area contributed by atoms with E-state index in [9.17, 15) is 9.59 Å². The Morgan fingerprint density at radius 3 is 2.88 bits per heavy atom. The van der Waals surface area contributed by atoms with Crippen LogP contribution in [0.2, 0.25) is 0 Å². The van der Waals surface area contributed by atoms with E-state index in [2.05, 4.69) is 4.98 Å². The molecule has 6 heterocycles. The number of aromatic nitrogens is 2. The zero-order valence-corrected chi connectivity index (χ0v) is 20.2. The molecule has 0 saturated carbocycles. The van der Waals surface area contributed by atoms with Crippen LogP contribution in [0.1, 0.15) is 32.7 Å². The van der Waals surface area contributed by atoms with Gasteiger partial charge < -0.3 is 0 Å². The van der Waals surface area contributed by atoms with Crippen molar-refractivity contribution in [2.24, 2.45) is 5.10 Å². The SMILES string of the molecule is O=C(Cn1cnc2sc3c(c2c1=O)CCSC3)N1N=C(c2cccs2)C[C@H]1c1cccs1. The zero-order valence-electron chi connectivity index (χ0n) is 16.9. The molecular weight excluding hydrogens is 481 g/mol. The van der Waals surface area contributed by atoms with E-state index in [1.54, 1.807) is 39.0 Å². The molecule has 4 aromatic heterocycles. The molecule has 0 spiro atoms. The van der Waals surface area contributed by atoms with Crippen LogP contribution in [0.4, 0.5) is 0 Å². The Morgan fingerprint density at radius 1 is 1.19 bits per heavy atom. The van der Waals surface area contributed by atoms with Gasteiger partial charge in [0.25, 0.3) is 11.5 Å². The second-order valence-electron chi connectivity index (χ2n) is 7.66. The van der Waals surface area contributed by atoms with Crippen molar-refractivity contribution in [1.29, 1.82) is 0 Å². The number of thioether (sulfide) groups is 1. The molecular formula is C22H18N4O2S4. The summed E-state index contributed by atoms with van der Waals surface area (Å²) >= 11 is 6.74. The maximum Gasteiger partial charge on any atom is 0.263 e. The van der Waals surface area contributed by atoms with Crippen molar-refractivity contribution in [2.45, 2.75) is 31.2 Å². The predicted molar refractivity (Wildman–Crippen MR) is 133 cm³/mol. The van der Waals surface area contributed by atoms with Gasteiger partial charge in [-0.3, -0.25) is 14.2 Å². The summed E-state index contributed by atoms with van der Waals surface area (Å²) in [4.78, 5) is 35.4. The maximum absolute atomic E-state index is 13.4. The lowest BCUT2D eigenvalue weighted by Crippen LogP contribution is -2.34. The van der Waals surface area contributed by atoms with Crippen LogP contribution in [0.5, 0.6) is 0 Å². The van der Waals surface area contributed by atoms with Crippen LogP contribution in [0.3, 0.4) is 0 Å². The van der Waals surface area contributed by atoms with Gasteiger partial charge in [-0.1, -0.05) is 12.1 Å². The summed E-state index contributed by atoms with van der Waals surface area (Å²) in [5.41, 5.74) is 1.91. The third-order valence-electron chi connectivity index (χ3n) is 5.74. The summed E-state index contributed by atoms with van der Waals surface area (Å²) in [6.45, 7) is -0.0652. The molecule has 0 fully saturated rings. The van der Waals surface area contributed by atoms with Gasteiger partial charge in [-0.25, -0.2) is 9.99 Å². The molecule has 2 aliphatic heterocycles. The average molecular weight is 499 g/mol. The number of hydrogen-bond donors (Lipinski definition) is 0. The quantitative estimate of drug-likeness (QED) is 0.407. The molecule has 162 valence electrons. The second kappa shape index (κ2) is 8.26. The fourth-order valence-corrected chi connectivity index (χ4v) is 8.06. The second-order valence-corrected chi connectivity index (χ2v) is 11.8. The molecule has 1 atom stereocenters. The minimum atomic E-state index is -0.196. The summed E-state index contributed by atoms with van der Waals surface area (Å²) in [7, 11) is 0. The normalized spacial score (nSPS) is 18.2. The minimum Gasteiger partial charge on any atom is -0.289 e. The number of amides is 1. The first-order valence-electron chi connectivity index (χ1n) is 10.2. The number of hydrogen-bond acceptors (Lipinski definition) is 8. The first-order chi connectivity index (χ1) is 15.7. The Labute approximate surface area is 200 Å². The number of fused-ring (bicyclic) bond motifs is 3. The van der Waals surface area contributed by atoms with E-state index in [-0.39, 0.29) is 24.1 Å². The van der Waals surface area contributed by atoms with Crippen molar-refractivity contribution >= 4 is 67.6 Å². The number of carbonyl (C=O) groups excluding carboxylic acids is 1. The molecule has 1 amide bonds. The Morgan fingerprint density at radius 2 is 2.06 bits per heavy atom. The van der Waals surface area contributed by atoms with Crippen LogP contribution in [-0.4, -0.2) is 31.9 Å². The van der Waals surface area contributed by atoms with Crippen LogP contribution in [0.15, 0.2) is 51.2 Å². The monoisotopic (exact) mass is 498 g/mol. The van der Waals surface area contributed by atoms with Gasteiger partial charge in [-0.05, 0) is 40.6 Å². The van der Waals surface area contributed by atoms with E-state index >= 15 is 0 Å². The summed E-state index contributed by atoms with van der Waals surface area (Å²) in [5.74, 6) is 1.76. The zero-order chi connectivity index (χ0) is 21.7. The highest BCUT2D eigenvalue weighted by Gasteiger charge is 2.34. The first-order valence-corrected chi connectivity index (χ1v) is 14.0. The van der Waals surface area contributed by atoms with Crippen molar-refractivity contribution < 1.29 is 4.79 Å². The summed E-state index contributed by atoms with van der Waals surface area (Å²) < 4.78 is 1.45. The van der Waals surface area contributed by atoms with Crippen LogP contribution >= 0.6 is 45.8 Å². The van der Waals surface area contributed by atoms with E-state index in [1.165, 1.54) is 15.8 Å². The number of thiophene rings is 3. The van der Waals surface area contributed by atoms with Gasteiger partial charge in [0.05, 0.1) is 28.3 Å². The van der Waals surface area contributed by atoms with Crippen molar-refractivity contribution in [2.75, 3.05) is 5.75 Å². The lowest BCUT2D eigenvalue weighted by molar-refractivity contribution is -0.133. The van der Waals surface area contributed by atoms with Crippen LogP contribution < -0.4 is 5.56 Å². The molecule has 32 heavy (non-hydrogen) atoms. The van der Waals surface area contributed by atoms with Crippen molar-refractivity contribution in [3.05, 3.63) is 71.9 Å². The van der Waals surface area contributed by atoms with E-state index in [1.807, 2.05) is 46.8 Å². The van der Waals surface area contributed by atoms with Gasteiger partial charge in [-0.2, -0.15) is 16.9 Å². The van der Waals surface area contributed by atoms with Crippen molar-refractivity contribution in [1.82, 2.24) is 14.6 Å². The van der Waals surface area contributed by atoms with Crippen LogP contribution in [0, 0.1) is 0 Å². The standard InChI is InChI=1S/C22H18N4O2S4/c27-19(10-25-12-23-21-20(22(25)28)13-5-8-29-11-18(13)32-21)26-15(17-4-2-7-31-17)9-14(24-26)16-3-1-6-30-16/h1-4,6-7,12,15H,5,8-11H2/t15-/m0/s1. The molecule has 0 aliphatic carbocycles. The number of aryl methyl sites for hydroxylation is 1. The van der Waals surface area contributed by atoms with Crippen molar-refractivity contribution in [3.8, 4) is 0 Å². The Balaban J connectivity index is 1.34. The molecule has 0 aromatic carbocycles. The Kier molecular flexibility index (Phi) is 5.25. The molecule has 0 N–H and O–H groups in total. The number of carbonyl (C=O) groups is 1.